The van der Waals surface area contributed by atoms with Gasteiger partial charge in [-0.2, -0.15) is 4.98 Å². The summed E-state index contributed by atoms with van der Waals surface area (Å²) in [7, 11) is 1.62. The van der Waals surface area contributed by atoms with Crippen molar-refractivity contribution < 1.29 is 14.4 Å². The first kappa shape index (κ1) is 13.5. The van der Waals surface area contributed by atoms with Crippen LogP contribution in [0.5, 0.6) is 5.75 Å². The smallest absolute Gasteiger partial charge is 0.243 e. The number of hydrogen-bond donors (Lipinski definition) is 2. The van der Waals surface area contributed by atoms with E-state index in [0.717, 1.165) is 11.3 Å². The molecule has 1 aromatic carbocycles. The quantitative estimate of drug-likeness (QED) is 0.809. The van der Waals surface area contributed by atoms with Gasteiger partial charge >= 0.3 is 0 Å². The number of benzene rings is 1. The fraction of sp³-hybridized carbons (Fsp3) is 0.385. The molecule has 19 heavy (non-hydrogen) atoms. The van der Waals surface area contributed by atoms with Crippen molar-refractivity contribution in [3.63, 3.8) is 0 Å². The Bertz CT molecular complexity index is 527. The molecular weight excluding hydrogens is 246 g/mol. The van der Waals surface area contributed by atoms with Crippen LogP contribution in [0.1, 0.15) is 29.7 Å². The first-order valence-electron chi connectivity index (χ1n) is 6.04. The van der Waals surface area contributed by atoms with Crippen LogP contribution < -0.4 is 10.5 Å². The summed E-state index contributed by atoms with van der Waals surface area (Å²) >= 11 is 0. The zero-order valence-electron chi connectivity index (χ0n) is 10.7. The van der Waals surface area contributed by atoms with Crippen molar-refractivity contribution in [2.24, 2.45) is 5.73 Å². The molecule has 1 unspecified atom stereocenters. The van der Waals surface area contributed by atoms with Gasteiger partial charge < -0.3 is 20.1 Å². The summed E-state index contributed by atoms with van der Waals surface area (Å²) in [5, 5.41) is 12.7. The Labute approximate surface area is 111 Å². The van der Waals surface area contributed by atoms with E-state index in [1.807, 2.05) is 24.3 Å². The molecule has 2 rings (SSSR count). The molecule has 2 aromatic rings. The van der Waals surface area contributed by atoms with Crippen molar-refractivity contribution in [3.8, 4) is 5.75 Å². The molecular formula is C13H17N3O3. The Kier molecular flexibility index (Phi) is 4.48. The number of nitrogens with two attached hydrogens (primary N) is 1. The molecule has 3 N–H and O–H groups in total. The second-order valence-corrected chi connectivity index (χ2v) is 4.20. The van der Waals surface area contributed by atoms with Gasteiger partial charge in [-0.25, -0.2) is 0 Å². The van der Waals surface area contributed by atoms with Crippen molar-refractivity contribution in [2.45, 2.75) is 18.9 Å². The van der Waals surface area contributed by atoms with E-state index in [4.69, 9.17) is 20.1 Å². The number of ether oxygens (including phenoxy) is 1. The second kappa shape index (κ2) is 6.31. The maximum absolute atomic E-state index is 8.81. The molecule has 6 nitrogen and oxygen atoms in total. The zero-order valence-corrected chi connectivity index (χ0v) is 10.7. The van der Waals surface area contributed by atoms with Gasteiger partial charge in [0.2, 0.25) is 5.89 Å². The Hall–Kier alpha value is -1.92. The lowest BCUT2D eigenvalue weighted by Gasteiger charge is -2.02. The number of methoxy groups -OCH3 is 1. The summed E-state index contributed by atoms with van der Waals surface area (Å²) in [6.45, 7) is -0.00519. The molecule has 1 atom stereocenters. The Balaban J connectivity index is 2.06. The molecule has 1 aromatic heterocycles. The molecule has 0 radical (unpaired) electrons. The van der Waals surface area contributed by atoms with Crippen LogP contribution in [0.25, 0.3) is 0 Å². The largest absolute Gasteiger partial charge is 0.497 e. The van der Waals surface area contributed by atoms with Gasteiger partial charge in [-0.3, -0.25) is 0 Å². The van der Waals surface area contributed by atoms with Crippen molar-refractivity contribution in [1.29, 1.82) is 0 Å². The molecule has 0 amide bonds. The van der Waals surface area contributed by atoms with Crippen molar-refractivity contribution >= 4 is 0 Å². The summed E-state index contributed by atoms with van der Waals surface area (Å²) in [6.07, 6.45) is 0.952. The third-order valence-corrected chi connectivity index (χ3v) is 2.74. The Morgan fingerprint density at radius 2 is 2.32 bits per heavy atom. The van der Waals surface area contributed by atoms with E-state index in [2.05, 4.69) is 10.1 Å². The van der Waals surface area contributed by atoms with E-state index >= 15 is 0 Å². The van der Waals surface area contributed by atoms with Gasteiger partial charge in [-0.05, 0) is 24.1 Å². The zero-order chi connectivity index (χ0) is 13.7. The van der Waals surface area contributed by atoms with E-state index in [9.17, 15) is 0 Å². The topological polar surface area (TPSA) is 94.4 Å². The minimum atomic E-state index is -0.420. The number of hydrogen-bond acceptors (Lipinski definition) is 6. The molecule has 0 aliphatic carbocycles. The predicted molar refractivity (Wildman–Crippen MR) is 68.7 cm³/mol. The molecule has 6 heteroatoms. The fourth-order valence-electron chi connectivity index (χ4n) is 1.72. The third kappa shape index (κ3) is 3.52. The summed E-state index contributed by atoms with van der Waals surface area (Å²) in [5.41, 5.74) is 6.81. The predicted octanol–water partition coefficient (Wildman–Crippen LogP) is 1.05. The SMILES string of the molecule is COc1cccc(Cc2noc(C(N)CCO)n2)c1. The second-order valence-electron chi connectivity index (χ2n) is 4.20. The van der Waals surface area contributed by atoms with Gasteiger partial charge in [0.05, 0.1) is 13.2 Å². The molecule has 0 bridgehead atoms. The molecule has 0 fully saturated rings. The van der Waals surface area contributed by atoms with Crippen molar-refractivity contribution in [1.82, 2.24) is 10.1 Å². The monoisotopic (exact) mass is 263 g/mol. The maximum atomic E-state index is 8.81. The van der Waals surface area contributed by atoms with Gasteiger partial charge in [0.1, 0.15) is 5.75 Å². The summed E-state index contributed by atoms with van der Waals surface area (Å²) in [4.78, 5) is 4.22. The lowest BCUT2D eigenvalue weighted by Crippen LogP contribution is -2.12. The van der Waals surface area contributed by atoms with Crippen molar-refractivity contribution in [2.75, 3.05) is 13.7 Å². The third-order valence-electron chi connectivity index (χ3n) is 2.74. The number of aliphatic hydroxyl groups is 1. The highest BCUT2D eigenvalue weighted by Gasteiger charge is 2.14. The van der Waals surface area contributed by atoms with Crippen LogP contribution in [0.4, 0.5) is 0 Å². The van der Waals surface area contributed by atoms with Crippen LogP contribution in [0.3, 0.4) is 0 Å². The van der Waals surface area contributed by atoms with Gasteiger partial charge in [-0.1, -0.05) is 17.3 Å². The molecule has 0 saturated heterocycles. The van der Waals surface area contributed by atoms with E-state index in [0.29, 0.717) is 24.6 Å². The highest BCUT2D eigenvalue weighted by molar-refractivity contribution is 5.30. The average molecular weight is 263 g/mol. The number of aromatic nitrogens is 2. The maximum Gasteiger partial charge on any atom is 0.243 e. The summed E-state index contributed by atoms with van der Waals surface area (Å²) in [5.74, 6) is 1.71. The molecule has 102 valence electrons. The molecule has 0 aliphatic rings. The van der Waals surface area contributed by atoms with Gasteiger partial charge in [-0.15, -0.1) is 0 Å². The van der Waals surface area contributed by atoms with Crippen molar-refractivity contribution in [3.05, 3.63) is 41.5 Å². The summed E-state index contributed by atoms with van der Waals surface area (Å²) in [6, 6.07) is 7.25. The summed E-state index contributed by atoms with van der Waals surface area (Å²) < 4.78 is 10.2. The Morgan fingerprint density at radius 1 is 1.47 bits per heavy atom. The van der Waals surface area contributed by atoms with Crippen LogP contribution in [0, 0.1) is 0 Å². The lowest BCUT2D eigenvalue weighted by atomic mass is 10.1. The average Bonchev–Trinajstić information content (AvgIpc) is 2.88. The fourth-order valence-corrected chi connectivity index (χ4v) is 1.72. The highest BCUT2D eigenvalue weighted by atomic mass is 16.5. The molecule has 0 aliphatic heterocycles. The van der Waals surface area contributed by atoms with Gasteiger partial charge in [0.15, 0.2) is 5.82 Å². The molecule has 1 heterocycles. The van der Waals surface area contributed by atoms with E-state index in [1.165, 1.54) is 0 Å². The van der Waals surface area contributed by atoms with Crippen LogP contribution in [-0.2, 0) is 6.42 Å². The van der Waals surface area contributed by atoms with E-state index < -0.39 is 6.04 Å². The van der Waals surface area contributed by atoms with Crippen LogP contribution >= 0.6 is 0 Å². The normalized spacial score (nSPS) is 12.4. The number of aliphatic hydroxyl groups excluding tert-OH is 1. The minimum absolute atomic E-state index is 0.00519. The molecule has 0 spiro atoms. The van der Waals surface area contributed by atoms with Gasteiger partial charge in [0, 0.05) is 13.0 Å². The highest BCUT2D eigenvalue weighted by Crippen LogP contribution is 2.16. The van der Waals surface area contributed by atoms with Gasteiger partial charge in [0.25, 0.3) is 0 Å². The number of nitrogens with zero attached hydrogens (tertiary/aromatic N) is 2. The molecule has 0 saturated carbocycles. The van der Waals surface area contributed by atoms with Crippen LogP contribution in [0.15, 0.2) is 28.8 Å². The number of rotatable bonds is 6. The van der Waals surface area contributed by atoms with Crippen LogP contribution in [0.2, 0.25) is 0 Å². The van der Waals surface area contributed by atoms with E-state index in [-0.39, 0.29) is 6.61 Å². The first-order chi connectivity index (χ1) is 9.22. The standard InChI is InChI=1S/C13H17N3O3/c1-18-10-4-2-3-9(7-10)8-12-15-13(19-16-12)11(14)5-6-17/h2-4,7,11,17H,5-6,8,14H2,1H3. The van der Waals surface area contributed by atoms with Crippen LogP contribution in [-0.4, -0.2) is 29.0 Å². The van der Waals surface area contributed by atoms with E-state index in [1.54, 1.807) is 7.11 Å². The lowest BCUT2D eigenvalue weighted by molar-refractivity contribution is 0.259. The Morgan fingerprint density at radius 3 is 3.05 bits per heavy atom. The first-order valence-corrected chi connectivity index (χ1v) is 6.04. The minimum Gasteiger partial charge on any atom is -0.497 e.